The third-order valence-electron chi connectivity index (χ3n) is 5.84. The molecule has 0 aliphatic carbocycles. The quantitative estimate of drug-likeness (QED) is 0.409. The van der Waals surface area contributed by atoms with Crippen LogP contribution in [0, 0.1) is 0 Å². The van der Waals surface area contributed by atoms with Crippen molar-refractivity contribution in [3.63, 3.8) is 0 Å². The average molecular weight is 438 g/mol. The Labute approximate surface area is 191 Å². The lowest BCUT2D eigenvalue weighted by atomic mass is 9.96. The van der Waals surface area contributed by atoms with E-state index in [2.05, 4.69) is 52.7 Å². The lowest BCUT2D eigenvalue weighted by Crippen LogP contribution is -2.08. The Kier molecular flexibility index (Phi) is 5.52. The number of hydrogen-bond acceptors (Lipinski definition) is 5. The molecule has 3 aromatic carbocycles. The van der Waals surface area contributed by atoms with E-state index in [1.54, 1.807) is 12.1 Å². The molecular formula is C26H23N5O2. The van der Waals surface area contributed by atoms with E-state index in [1.165, 1.54) is 0 Å². The fourth-order valence-corrected chi connectivity index (χ4v) is 4.30. The number of aryl methyl sites for hydroxylation is 1. The van der Waals surface area contributed by atoms with Gasteiger partial charge in [0.25, 0.3) is 0 Å². The minimum Gasteiger partial charge on any atom is -0.478 e. The molecule has 0 saturated heterocycles. The molecule has 7 nitrogen and oxygen atoms in total. The predicted molar refractivity (Wildman–Crippen MR) is 128 cm³/mol. The highest BCUT2D eigenvalue weighted by atomic mass is 16.4. The Hall–Kier alpha value is -4.13. The molecule has 0 spiro atoms. The Balaban J connectivity index is 1.51. The van der Waals surface area contributed by atoms with Gasteiger partial charge in [0.15, 0.2) is 0 Å². The van der Waals surface area contributed by atoms with Gasteiger partial charge in [-0.3, -0.25) is 0 Å². The monoisotopic (exact) mass is 437 g/mol. The highest BCUT2D eigenvalue weighted by Crippen LogP contribution is 2.27. The lowest BCUT2D eigenvalue weighted by molar-refractivity contribution is 0.0698. The Morgan fingerprint density at radius 2 is 1.79 bits per heavy atom. The van der Waals surface area contributed by atoms with Crippen LogP contribution in [0.1, 0.15) is 40.7 Å². The molecule has 0 unspecified atom stereocenters. The van der Waals surface area contributed by atoms with Gasteiger partial charge in [0.05, 0.1) is 22.3 Å². The number of hydrogen-bond donors (Lipinski definition) is 1. The SMILES string of the molecule is CCCc1nc2cccc(C(=O)O)c2n1Cc1ccc(-c2ccccc2C2=NN=NC2)cc1. The van der Waals surface area contributed by atoms with E-state index in [4.69, 9.17) is 4.98 Å². The largest absolute Gasteiger partial charge is 0.478 e. The van der Waals surface area contributed by atoms with Gasteiger partial charge in [0.1, 0.15) is 12.4 Å². The molecule has 0 amide bonds. The van der Waals surface area contributed by atoms with Gasteiger partial charge in [-0.25, -0.2) is 9.78 Å². The summed E-state index contributed by atoms with van der Waals surface area (Å²) >= 11 is 0. The molecule has 1 aromatic heterocycles. The third kappa shape index (κ3) is 3.93. The number of imidazole rings is 1. The second-order valence-corrected chi connectivity index (χ2v) is 8.02. The molecule has 1 aliphatic heterocycles. The first-order chi connectivity index (χ1) is 16.2. The van der Waals surface area contributed by atoms with E-state index in [0.717, 1.165) is 52.1 Å². The second kappa shape index (κ2) is 8.78. The summed E-state index contributed by atoms with van der Waals surface area (Å²) in [6.07, 6.45) is 1.72. The van der Waals surface area contributed by atoms with Crippen LogP contribution in [-0.2, 0) is 13.0 Å². The van der Waals surface area contributed by atoms with Crippen molar-refractivity contribution in [1.29, 1.82) is 0 Å². The molecule has 33 heavy (non-hydrogen) atoms. The molecule has 164 valence electrons. The van der Waals surface area contributed by atoms with Crippen LogP contribution in [0.5, 0.6) is 0 Å². The smallest absolute Gasteiger partial charge is 0.337 e. The van der Waals surface area contributed by atoms with E-state index in [-0.39, 0.29) is 5.56 Å². The standard InChI is InChI=1S/C26H23N5O2/c1-2-6-24-28-22-10-5-9-21(26(32)33)25(22)31(24)16-17-11-13-18(14-12-17)19-7-3-4-8-20(19)23-15-27-30-29-23/h3-5,7-14H,2,6,15-16H2,1H3,(H,32,33). The van der Waals surface area contributed by atoms with E-state index in [0.29, 0.717) is 18.6 Å². The molecule has 0 bridgehead atoms. The van der Waals surface area contributed by atoms with Gasteiger partial charge >= 0.3 is 5.97 Å². The van der Waals surface area contributed by atoms with Crippen LogP contribution in [0.15, 0.2) is 82.2 Å². The average Bonchev–Trinajstić information content (AvgIpc) is 3.49. The third-order valence-corrected chi connectivity index (χ3v) is 5.84. The summed E-state index contributed by atoms with van der Waals surface area (Å²) in [6, 6.07) is 21.7. The molecule has 1 aliphatic rings. The number of benzene rings is 3. The molecule has 7 heteroatoms. The maximum absolute atomic E-state index is 11.9. The summed E-state index contributed by atoms with van der Waals surface area (Å²) in [6.45, 7) is 3.15. The van der Waals surface area contributed by atoms with Gasteiger partial charge in [-0.2, -0.15) is 5.11 Å². The molecule has 1 N–H and O–H groups in total. The maximum atomic E-state index is 11.9. The number of carbonyl (C=O) groups is 1. The van der Waals surface area contributed by atoms with Crippen molar-refractivity contribution in [2.75, 3.05) is 6.54 Å². The minimum absolute atomic E-state index is 0.279. The van der Waals surface area contributed by atoms with Gasteiger partial charge in [-0.1, -0.05) is 61.5 Å². The number of aromatic carboxylic acids is 1. The van der Waals surface area contributed by atoms with Crippen LogP contribution in [0.2, 0.25) is 0 Å². The number of para-hydroxylation sites is 1. The van der Waals surface area contributed by atoms with Gasteiger partial charge in [0, 0.05) is 18.5 Å². The summed E-state index contributed by atoms with van der Waals surface area (Å²) in [5, 5.41) is 21.6. The van der Waals surface area contributed by atoms with Gasteiger partial charge in [0.2, 0.25) is 0 Å². The van der Waals surface area contributed by atoms with Crippen LogP contribution in [0.25, 0.3) is 22.2 Å². The topological polar surface area (TPSA) is 92.2 Å². The van der Waals surface area contributed by atoms with Crippen LogP contribution < -0.4 is 0 Å². The number of fused-ring (bicyclic) bond motifs is 1. The van der Waals surface area contributed by atoms with Crippen molar-refractivity contribution < 1.29 is 9.90 Å². The zero-order chi connectivity index (χ0) is 22.8. The first-order valence-corrected chi connectivity index (χ1v) is 11.0. The zero-order valence-corrected chi connectivity index (χ0v) is 18.3. The van der Waals surface area contributed by atoms with Crippen molar-refractivity contribution in [3.8, 4) is 11.1 Å². The molecule has 0 atom stereocenters. The highest BCUT2D eigenvalue weighted by Gasteiger charge is 2.18. The molecule has 5 rings (SSSR count). The molecular weight excluding hydrogens is 414 g/mol. The van der Waals surface area contributed by atoms with E-state index in [1.807, 2.05) is 28.8 Å². The van der Waals surface area contributed by atoms with Gasteiger partial charge < -0.3 is 9.67 Å². The molecule has 2 heterocycles. The summed E-state index contributed by atoms with van der Waals surface area (Å²) in [7, 11) is 0. The van der Waals surface area contributed by atoms with Crippen molar-refractivity contribution in [1.82, 2.24) is 9.55 Å². The predicted octanol–water partition coefficient (Wildman–Crippen LogP) is 5.57. The number of carboxylic acid groups (broad SMARTS) is 1. The Morgan fingerprint density at radius 3 is 2.48 bits per heavy atom. The minimum atomic E-state index is -0.940. The van der Waals surface area contributed by atoms with E-state index in [9.17, 15) is 9.90 Å². The Bertz CT molecular complexity index is 1400. The zero-order valence-electron chi connectivity index (χ0n) is 18.3. The van der Waals surface area contributed by atoms with Crippen LogP contribution in [0.4, 0.5) is 0 Å². The Morgan fingerprint density at radius 1 is 1.00 bits per heavy atom. The van der Waals surface area contributed by atoms with Crippen LogP contribution >= 0.6 is 0 Å². The molecule has 0 fully saturated rings. The maximum Gasteiger partial charge on any atom is 0.337 e. The number of aromatic nitrogens is 2. The number of carboxylic acids is 1. The first-order valence-electron chi connectivity index (χ1n) is 11.0. The van der Waals surface area contributed by atoms with Gasteiger partial charge in [-0.15, -0.1) is 5.10 Å². The van der Waals surface area contributed by atoms with Crippen molar-refractivity contribution in [3.05, 3.63) is 89.2 Å². The normalized spacial score (nSPS) is 12.9. The van der Waals surface area contributed by atoms with E-state index >= 15 is 0 Å². The summed E-state index contributed by atoms with van der Waals surface area (Å²) < 4.78 is 2.04. The number of nitrogens with zero attached hydrogens (tertiary/aromatic N) is 5. The van der Waals surface area contributed by atoms with Crippen LogP contribution in [0.3, 0.4) is 0 Å². The van der Waals surface area contributed by atoms with Gasteiger partial charge in [-0.05, 0) is 40.5 Å². The summed E-state index contributed by atoms with van der Waals surface area (Å²) in [4.78, 5) is 16.6. The fourth-order valence-electron chi connectivity index (χ4n) is 4.30. The lowest BCUT2D eigenvalue weighted by Gasteiger charge is -2.12. The van der Waals surface area contributed by atoms with Crippen molar-refractivity contribution in [2.45, 2.75) is 26.3 Å². The van der Waals surface area contributed by atoms with Crippen molar-refractivity contribution >= 4 is 22.7 Å². The molecule has 4 aromatic rings. The van der Waals surface area contributed by atoms with Crippen molar-refractivity contribution in [2.24, 2.45) is 15.4 Å². The molecule has 0 saturated carbocycles. The first kappa shape index (κ1) is 20.8. The highest BCUT2D eigenvalue weighted by molar-refractivity contribution is 6.07. The second-order valence-electron chi connectivity index (χ2n) is 8.02. The van der Waals surface area contributed by atoms with Crippen LogP contribution in [-0.4, -0.2) is 32.9 Å². The van der Waals surface area contributed by atoms with E-state index < -0.39 is 5.97 Å². The summed E-state index contributed by atoms with van der Waals surface area (Å²) in [5.74, 6) is -0.0348. The summed E-state index contributed by atoms with van der Waals surface area (Å²) in [5.41, 5.74) is 6.82. The number of rotatable bonds is 7. The molecule has 0 radical (unpaired) electrons. The fraction of sp³-hybridized carbons (Fsp3) is 0.192.